The fourth-order valence-electron chi connectivity index (χ4n) is 2.73. The van der Waals surface area contributed by atoms with Gasteiger partial charge in [-0.15, -0.1) is 0 Å². The van der Waals surface area contributed by atoms with Crippen LogP contribution in [0.5, 0.6) is 0 Å². The molecule has 0 saturated carbocycles. The van der Waals surface area contributed by atoms with Gasteiger partial charge in [0, 0.05) is 31.4 Å². The second kappa shape index (κ2) is 6.90. The summed E-state index contributed by atoms with van der Waals surface area (Å²) in [4.78, 5) is 23.0. The van der Waals surface area contributed by atoms with E-state index >= 15 is 0 Å². The van der Waals surface area contributed by atoms with Crippen LogP contribution < -0.4 is 15.5 Å². The molecule has 2 N–H and O–H groups in total. The molecule has 0 radical (unpaired) electrons. The van der Waals surface area contributed by atoms with Crippen LogP contribution in [-0.4, -0.2) is 36.0 Å². The summed E-state index contributed by atoms with van der Waals surface area (Å²) in [7, 11) is 1.58. The maximum atomic E-state index is 11.5. The highest BCUT2D eigenvalue weighted by molar-refractivity contribution is 5.91. The molecule has 1 fully saturated rings. The van der Waals surface area contributed by atoms with Crippen LogP contribution in [0.15, 0.2) is 16.5 Å². The van der Waals surface area contributed by atoms with Crippen LogP contribution in [0.2, 0.25) is 0 Å². The zero-order valence-electron chi connectivity index (χ0n) is 14.3. The van der Waals surface area contributed by atoms with Crippen molar-refractivity contribution in [2.45, 2.75) is 33.2 Å². The number of hydrogen-bond acceptors (Lipinski definition) is 6. The average Bonchev–Trinajstić information content (AvgIpc) is 3.27. The minimum atomic E-state index is -0.230. The van der Waals surface area contributed by atoms with E-state index < -0.39 is 0 Å². The monoisotopic (exact) mass is 329 g/mol. The predicted octanol–water partition coefficient (Wildman–Crippen LogP) is 2.26. The third kappa shape index (κ3) is 3.34. The molecule has 1 saturated heterocycles. The average molecular weight is 329 g/mol. The van der Waals surface area contributed by atoms with Crippen molar-refractivity contribution in [1.82, 2.24) is 15.3 Å². The van der Waals surface area contributed by atoms with E-state index in [0.717, 1.165) is 36.1 Å². The van der Waals surface area contributed by atoms with Crippen LogP contribution >= 0.6 is 0 Å². The van der Waals surface area contributed by atoms with E-state index in [0.29, 0.717) is 18.1 Å². The largest absolute Gasteiger partial charge is 0.454 e. The summed E-state index contributed by atoms with van der Waals surface area (Å²) in [5.74, 6) is 2.35. The van der Waals surface area contributed by atoms with Gasteiger partial charge in [-0.3, -0.25) is 4.79 Å². The van der Waals surface area contributed by atoms with Gasteiger partial charge >= 0.3 is 0 Å². The summed E-state index contributed by atoms with van der Waals surface area (Å²) in [6.45, 7) is 6.49. The molecule has 128 valence electrons. The molecule has 0 bridgehead atoms. The van der Waals surface area contributed by atoms with Gasteiger partial charge in [0.05, 0.1) is 6.54 Å². The van der Waals surface area contributed by atoms with Gasteiger partial charge in [-0.2, -0.15) is 4.98 Å². The number of carbonyl (C=O) groups is 1. The van der Waals surface area contributed by atoms with E-state index in [9.17, 15) is 4.79 Å². The molecule has 7 heteroatoms. The first-order chi connectivity index (χ1) is 11.6. The Hall–Kier alpha value is -2.57. The Morgan fingerprint density at radius 1 is 1.25 bits per heavy atom. The van der Waals surface area contributed by atoms with E-state index in [1.54, 1.807) is 19.2 Å². The summed E-state index contributed by atoms with van der Waals surface area (Å²) < 4.78 is 5.53. The van der Waals surface area contributed by atoms with Gasteiger partial charge in [0.15, 0.2) is 5.76 Å². The molecule has 0 unspecified atom stereocenters. The Bertz CT molecular complexity index is 735. The Morgan fingerprint density at radius 3 is 2.71 bits per heavy atom. The minimum absolute atomic E-state index is 0.230. The number of aryl methyl sites for hydroxylation is 1. The van der Waals surface area contributed by atoms with E-state index in [1.807, 2.05) is 13.8 Å². The quantitative estimate of drug-likeness (QED) is 0.875. The highest BCUT2D eigenvalue weighted by Crippen LogP contribution is 2.22. The molecular formula is C17H23N5O2. The molecule has 1 aliphatic rings. The Morgan fingerprint density at radius 2 is 2.00 bits per heavy atom. The number of nitrogens with zero attached hydrogens (tertiary/aromatic N) is 3. The van der Waals surface area contributed by atoms with Crippen molar-refractivity contribution in [1.29, 1.82) is 0 Å². The van der Waals surface area contributed by atoms with Crippen molar-refractivity contribution in [2.75, 3.05) is 30.4 Å². The van der Waals surface area contributed by atoms with Gasteiger partial charge in [0.2, 0.25) is 5.95 Å². The van der Waals surface area contributed by atoms with Crippen molar-refractivity contribution in [2.24, 2.45) is 0 Å². The molecule has 0 aliphatic carbocycles. The second-order valence-corrected chi connectivity index (χ2v) is 5.98. The number of hydrogen-bond donors (Lipinski definition) is 2. The molecule has 3 rings (SSSR count). The first-order valence-corrected chi connectivity index (χ1v) is 8.23. The van der Waals surface area contributed by atoms with Crippen LogP contribution in [0.3, 0.4) is 0 Å². The lowest BCUT2D eigenvalue weighted by Crippen LogP contribution is -2.22. The van der Waals surface area contributed by atoms with E-state index in [-0.39, 0.29) is 5.91 Å². The first kappa shape index (κ1) is 16.3. The van der Waals surface area contributed by atoms with E-state index in [4.69, 9.17) is 4.42 Å². The lowest BCUT2D eigenvalue weighted by Gasteiger charge is -2.18. The van der Waals surface area contributed by atoms with Gasteiger partial charge in [-0.1, -0.05) is 0 Å². The van der Waals surface area contributed by atoms with Crippen LogP contribution in [-0.2, 0) is 6.54 Å². The molecule has 1 amide bonds. The SMILES string of the molecule is CNC(=O)c1ccc(CNc2nc(N3CCCC3)nc(C)c2C)o1. The van der Waals surface area contributed by atoms with Crippen LogP contribution in [0, 0.1) is 13.8 Å². The Balaban J connectivity index is 1.74. The lowest BCUT2D eigenvalue weighted by molar-refractivity contribution is 0.0934. The van der Waals surface area contributed by atoms with Gasteiger partial charge in [0.1, 0.15) is 11.6 Å². The fourth-order valence-corrected chi connectivity index (χ4v) is 2.73. The Labute approximate surface area is 141 Å². The smallest absolute Gasteiger partial charge is 0.286 e. The van der Waals surface area contributed by atoms with Gasteiger partial charge in [0.25, 0.3) is 5.91 Å². The summed E-state index contributed by atoms with van der Waals surface area (Å²) in [6.07, 6.45) is 2.38. The lowest BCUT2D eigenvalue weighted by atomic mass is 10.2. The molecule has 3 heterocycles. The number of nitrogens with one attached hydrogen (secondary N) is 2. The summed E-state index contributed by atoms with van der Waals surface area (Å²) in [6, 6.07) is 3.46. The number of anilines is 2. The summed E-state index contributed by atoms with van der Waals surface area (Å²) >= 11 is 0. The van der Waals surface area contributed by atoms with Crippen LogP contribution in [0.1, 0.15) is 40.4 Å². The maximum Gasteiger partial charge on any atom is 0.286 e. The van der Waals surface area contributed by atoms with E-state index in [1.165, 1.54) is 12.8 Å². The summed E-state index contributed by atoms with van der Waals surface area (Å²) in [5.41, 5.74) is 2.00. The zero-order valence-corrected chi connectivity index (χ0v) is 14.3. The fraction of sp³-hybridized carbons (Fsp3) is 0.471. The molecular weight excluding hydrogens is 306 g/mol. The molecule has 0 aromatic carbocycles. The molecule has 24 heavy (non-hydrogen) atoms. The van der Waals surface area contributed by atoms with Gasteiger partial charge in [-0.05, 0) is 38.8 Å². The Kier molecular flexibility index (Phi) is 4.69. The predicted molar refractivity (Wildman–Crippen MR) is 92.4 cm³/mol. The molecule has 2 aromatic heterocycles. The number of rotatable bonds is 5. The number of furan rings is 1. The molecule has 0 atom stereocenters. The van der Waals surface area contributed by atoms with Crippen molar-refractivity contribution in [3.05, 3.63) is 34.9 Å². The number of amides is 1. The van der Waals surface area contributed by atoms with E-state index in [2.05, 4.69) is 25.5 Å². The highest BCUT2D eigenvalue weighted by atomic mass is 16.4. The van der Waals surface area contributed by atoms with Crippen molar-refractivity contribution < 1.29 is 9.21 Å². The minimum Gasteiger partial charge on any atom is -0.454 e. The maximum absolute atomic E-state index is 11.5. The molecule has 0 spiro atoms. The number of carbonyl (C=O) groups excluding carboxylic acids is 1. The third-order valence-corrected chi connectivity index (χ3v) is 4.31. The van der Waals surface area contributed by atoms with Crippen LogP contribution in [0.4, 0.5) is 11.8 Å². The molecule has 2 aromatic rings. The van der Waals surface area contributed by atoms with Crippen molar-refractivity contribution in [3.63, 3.8) is 0 Å². The standard InChI is InChI=1S/C17H23N5O2/c1-11-12(2)20-17(22-8-4-5-9-22)21-15(11)19-10-13-6-7-14(24-13)16(23)18-3/h6-7H,4-5,8-10H2,1-3H3,(H,18,23)(H,19,20,21). The van der Waals surface area contributed by atoms with Crippen molar-refractivity contribution in [3.8, 4) is 0 Å². The third-order valence-electron chi connectivity index (χ3n) is 4.31. The van der Waals surface area contributed by atoms with Crippen molar-refractivity contribution >= 4 is 17.7 Å². The zero-order chi connectivity index (χ0) is 17.1. The van der Waals surface area contributed by atoms with Gasteiger partial charge < -0.3 is 20.0 Å². The highest BCUT2D eigenvalue weighted by Gasteiger charge is 2.18. The molecule has 7 nitrogen and oxygen atoms in total. The van der Waals surface area contributed by atoms with Crippen LogP contribution in [0.25, 0.3) is 0 Å². The number of aromatic nitrogens is 2. The molecule has 1 aliphatic heterocycles. The summed E-state index contributed by atoms with van der Waals surface area (Å²) in [5, 5.41) is 5.85. The first-order valence-electron chi connectivity index (χ1n) is 8.23. The topological polar surface area (TPSA) is 83.3 Å². The second-order valence-electron chi connectivity index (χ2n) is 5.98. The van der Waals surface area contributed by atoms with Gasteiger partial charge in [-0.25, -0.2) is 4.98 Å². The normalized spacial score (nSPS) is 14.0.